The molecule has 2 aromatic carbocycles. The number of aliphatic hydroxyl groups is 1. The standard InChI is InChI=1S/C23H31N3O4/c1-3-24(4-2)17-9-8-12-22(19-10-6-5-7-11-19)25(18-27)23(28)20-13-15-21(16-14-20)26(29)30/h5-7,10-11,13-16,22,27H,3-4,8-9,12,17-18H2,1-2H3. The van der Waals surface area contributed by atoms with Crippen molar-refractivity contribution in [2.24, 2.45) is 0 Å². The van der Waals surface area contributed by atoms with Gasteiger partial charge in [0.15, 0.2) is 0 Å². The Hall–Kier alpha value is -2.77. The Kier molecular flexibility index (Phi) is 9.44. The number of hydrogen-bond donors (Lipinski definition) is 1. The van der Waals surface area contributed by atoms with Crippen LogP contribution in [-0.4, -0.2) is 52.1 Å². The number of hydrogen-bond acceptors (Lipinski definition) is 5. The molecule has 0 saturated heterocycles. The van der Waals surface area contributed by atoms with Gasteiger partial charge in [-0.25, -0.2) is 0 Å². The van der Waals surface area contributed by atoms with Crippen molar-refractivity contribution >= 4 is 11.6 Å². The van der Waals surface area contributed by atoms with Crippen molar-refractivity contribution in [2.45, 2.75) is 39.2 Å². The first-order valence-electron chi connectivity index (χ1n) is 10.4. The molecule has 1 N–H and O–H groups in total. The Morgan fingerprint density at radius 2 is 1.67 bits per heavy atom. The van der Waals surface area contributed by atoms with E-state index in [9.17, 15) is 20.0 Å². The summed E-state index contributed by atoms with van der Waals surface area (Å²) in [5, 5.41) is 20.9. The fraction of sp³-hybridized carbons (Fsp3) is 0.435. The Balaban J connectivity index is 2.17. The fourth-order valence-corrected chi connectivity index (χ4v) is 3.59. The summed E-state index contributed by atoms with van der Waals surface area (Å²) < 4.78 is 0. The number of aliphatic hydroxyl groups excluding tert-OH is 1. The number of rotatable bonds is 12. The first kappa shape index (κ1) is 23.5. The van der Waals surface area contributed by atoms with Gasteiger partial charge in [0.25, 0.3) is 11.6 Å². The summed E-state index contributed by atoms with van der Waals surface area (Å²) in [6, 6.07) is 14.9. The quantitative estimate of drug-likeness (QED) is 0.243. The van der Waals surface area contributed by atoms with E-state index in [0.717, 1.165) is 44.5 Å². The maximum atomic E-state index is 13.1. The van der Waals surface area contributed by atoms with E-state index in [2.05, 4.69) is 18.7 Å². The minimum absolute atomic E-state index is 0.0712. The molecule has 30 heavy (non-hydrogen) atoms. The van der Waals surface area contributed by atoms with Gasteiger partial charge in [0.05, 0.1) is 11.0 Å². The molecule has 0 heterocycles. The number of nitro benzene ring substituents is 1. The summed E-state index contributed by atoms with van der Waals surface area (Å²) in [7, 11) is 0. The van der Waals surface area contributed by atoms with E-state index in [4.69, 9.17) is 0 Å². The number of carbonyl (C=O) groups excluding carboxylic acids is 1. The SMILES string of the molecule is CCN(CC)CCCCC(c1ccccc1)N(CO)C(=O)c1ccc([N+](=O)[O-])cc1. The van der Waals surface area contributed by atoms with E-state index in [1.165, 1.54) is 29.2 Å². The van der Waals surface area contributed by atoms with Gasteiger partial charge in [-0.05, 0) is 56.6 Å². The fourth-order valence-electron chi connectivity index (χ4n) is 3.59. The van der Waals surface area contributed by atoms with Crippen LogP contribution in [0, 0.1) is 10.1 Å². The third kappa shape index (κ3) is 6.37. The number of amides is 1. The molecule has 1 atom stereocenters. The van der Waals surface area contributed by atoms with Crippen LogP contribution >= 0.6 is 0 Å². The molecule has 7 nitrogen and oxygen atoms in total. The van der Waals surface area contributed by atoms with Crippen molar-refractivity contribution in [3.63, 3.8) is 0 Å². The highest BCUT2D eigenvalue weighted by atomic mass is 16.6. The summed E-state index contributed by atoms with van der Waals surface area (Å²) in [5.41, 5.74) is 1.21. The second kappa shape index (κ2) is 12.0. The van der Waals surface area contributed by atoms with Crippen molar-refractivity contribution in [3.8, 4) is 0 Å². The number of nitrogens with zero attached hydrogens (tertiary/aromatic N) is 3. The van der Waals surface area contributed by atoms with Gasteiger partial charge in [0.2, 0.25) is 0 Å². The summed E-state index contributed by atoms with van der Waals surface area (Å²) in [5.74, 6) is -0.343. The van der Waals surface area contributed by atoms with Crippen molar-refractivity contribution < 1.29 is 14.8 Å². The summed E-state index contributed by atoms with van der Waals surface area (Å²) in [6.07, 6.45) is 2.65. The van der Waals surface area contributed by atoms with Crippen molar-refractivity contribution in [3.05, 3.63) is 75.8 Å². The molecule has 0 saturated carbocycles. The lowest BCUT2D eigenvalue weighted by atomic mass is 9.98. The first-order valence-corrected chi connectivity index (χ1v) is 10.4. The zero-order chi connectivity index (χ0) is 21.9. The van der Waals surface area contributed by atoms with Crippen LogP contribution < -0.4 is 0 Å². The highest BCUT2D eigenvalue weighted by Gasteiger charge is 2.25. The van der Waals surface area contributed by atoms with Gasteiger partial charge in [-0.2, -0.15) is 0 Å². The predicted molar refractivity (Wildman–Crippen MR) is 117 cm³/mol. The number of carbonyl (C=O) groups is 1. The number of nitro groups is 1. The molecule has 162 valence electrons. The van der Waals surface area contributed by atoms with Crippen molar-refractivity contribution in [1.82, 2.24) is 9.80 Å². The van der Waals surface area contributed by atoms with Crippen LogP contribution in [0.25, 0.3) is 0 Å². The molecular formula is C23H31N3O4. The zero-order valence-corrected chi connectivity index (χ0v) is 17.7. The van der Waals surface area contributed by atoms with Crippen LogP contribution in [0.4, 0.5) is 5.69 Å². The second-order valence-corrected chi connectivity index (χ2v) is 7.17. The van der Waals surface area contributed by atoms with Crippen LogP contribution in [0.5, 0.6) is 0 Å². The lowest BCUT2D eigenvalue weighted by molar-refractivity contribution is -0.384. The zero-order valence-electron chi connectivity index (χ0n) is 17.7. The summed E-state index contributed by atoms with van der Waals surface area (Å²) in [6.45, 7) is 6.90. The second-order valence-electron chi connectivity index (χ2n) is 7.17. The summed E-state index contributed by atoms with van der Waals surface area (Å²) >= 11 is 0. The van der Waals surface area contributed by atoms with Crippen LogP contribution in [0.2, 0.25) is 0 Å². The maximum absolute atomic E-state index is 13.1. The van der Waals surface area contributed by atoms with Crippen molar-refractivity contribution in [2.75, 3.05) is 26.4 Å². The number of unbranched alkanes of at least 4 members (excludes halogenated alkanes) is 1. The highest BCUT2D eigenvalue weighted by Crippen LogP contribution is 2.28. The van der Waals surface area contributed by atoms with Gasteiger partial charge in [0, 0.05) is 17.7 Å². The van der Waals surface area contributed by atoms with Gasteiger partial charge in [-0.1, -0.05) is 44.2 Å². The molecule has 0 aliphatic carbocycles. The molecule has 0 aliphatic heterocycles. The van der Waals surface area contributed by atoms with Gasteiger partial charge >= 0.3 is 0 Å². The van der Waals surface area contributed by atoms with E-state index >= 15 is 0 Å². The first-order chi connectivity index (χ1) is 14.5. The molecule has 2 rings (SSSR count). The van der Waals surface area contributed by atoms with Crippen LogP contribution in [-0.2, 0) is 0 Å². The molecule has 0 aromatic heterocycles. The van der Waals surface area contributed by atoms with E-state index in [1.807, 2.05) is 30.3 Å². The molecular weight excluding hydrogens is 382 g/mol. The van der Waals surface area contributed by atoms with Gasteiger partial charge in [-0.3, -0.25) is 14.9 Å². The topological polar surface area (TPSA) is 86.9 Å². The molecule has 7 heteroatoms. The molecule has 0 bridgehead atoms. The predicted octanol–water partition coefficient (Wildman–Crippen LogP) is 4.24. The van der Waals surface area contributed by atoms with E-state index in [-0.39, 0.29) is 17.6 Å². The number of non-ortho nitro benzene ring substituents is 1. The molecule has 0 aliphatic rings. The minimum atomic E-state index is -0.499. The van der Waals surface area contributed by atoms with Crippen LogP contribution in [0.3, 0.4) is 0 Å². The third-order valence-corrected chi connectivity index (χ3v) is 5.40. The molecule has 1 amide bonds. The van der Waals surface area contributed by atoms with E-state index in [0.29, 0.717) is 5.56 Å². The Morgan fingerprint density at radius 1 is 1.03 bits per heavy atom. The normalized spacial score (nSPS) is 12.0. The lowest BCUT2D eigenvalue weighted by Gasteiger charge is -2.31. The Labute approximate surface area is 178 Å². The molecule has 0 fully saturated rings. The maximum Gasteiger partial charge on any atom is 0.269 e. The average Bonchev–Trinajstić information content (AvgIpc) is 2.78. The number of benzene rings is 2. The largest absolute Gasteiger partial charge is 0.376 e. The van der Waals surface area contributed by atoms with Crippen molar-refractivity contribution in [1.29, 1.82) is 0 Å². The monoisotopic (exact) mass is 413 g/mol. The third-order valence-electron chi connectivity index (χ3n) is 5.40. The highest BCUT2D eigenvalue weighted by molar-refractivity contribution is 5.94. The van der Waals surface area contributed by atoms with Gasteiger partial charge in [0.1, 0.15) is 6.73 Å². The van der Waals surface area contributed by atoms with E-state index < -0.39 is 11.7 Å². The average molecular weight is 414 g/mol. The van der Waals surface area contributed by atoms with E-state index in [1.54, 1.807) is 0 Å². The Bertz CT molecular complexity index is 792. The molecule has 2 aromatic rings. The lowest BCUT2D eigenvalue weighted by Crippen LogP contribution is -2.36. The van der Waals surface area contributed by atoms with Gasteiger partial charge < -0.3 is 14.9 Å². The van der Waals surface area contributed by atoms with Crippen LogP contribution in [0.15, 0.2) is 54.6 Å². The Morgan fingerprint density at radius 3 is 2.20 bits per heavy atom. The molecule has 0 radical (unpaired) electrons. The smallest absolute Gasteiger partial charge is 0.269 e. The molecule has 0 spiro atoms. The summed E-state index contributed by atoms with van der Waals surface area (Å²) in [4.78, 5) is 27.3. The van der Waals surface area contributed by atoms with Gasteiger partial charge in [-0.15, -0.1) is 0 Å². The van der Waals surface area contributed by atoms with Crippen LogP contribution in [0.1, 0.15) is 55.1 Å². The minimum Gasteiger partial charge on any atom is -0.376 e. The molecule has 1 unspecified atom stereocenters.